The van der Waals surface area contributed by atoms with Crippen LogP contribution in [0.3, 0.4) is 0 Å². The monoisotopic (exact) mass is 344 g/mol. The lowest BCUT2D eigenvalue weighted by molar-refractivity contribution is 1.13. The Kier molecular flexibility index (Phi) is 4.48. The third-order valence-corrected chi connectivity index (χ3v) is 4.52. The number of rotatable bonds is 5. The summed E-state index contributed by atoms with van der Waals surface area (Å²) in [7, 11) is 0. The number of benzene rings is 2. The number of aromatic nitrogens is 3. The highest BCUT2D eigenvalue weighted by Crippen LogP contribution is 2.22. The van der Waals surface area contributed by atoms with Crippen LogP contribution in [0.5, 0.6) is 0 Å². The zero-order chi connectivity index (χ0) is 16.9. The number of anilines is 1. The van der Waals surface area contributed by atoms with E-state index in [0.717, 1.165) is 28.6 Å². The first kappa shape index (κ1) is 15.5. The lowest BCUT2D eigenvalue weighted by Crippen LogP contribution is -1.98. The summed E-state index contributed by atoms with van der Waals surface area (Å²) in [5.74, 6) is 0.764. The predicted molar refractivity (Wildman–Crippen MR) is 102 cm³/mol. The molecular formula is C20H16N4S. The van der Waals surface area contributed by atoms with Gasteiger partial charge in [-0.25, -0.2) is 0 Å². The minimum Gasteiger partial charge on any atom is -0.356 e. The summed E-state index contributed by atoms with van der Waals surface area (Å²) in [6.45, 7) is 0.719. The molecule has 0 aliphatic rings. The van der Waals surface area contributed by atoms with E-state index in [4.69, 9.17) is 0 Å². The van der Waals surface area contributed by atoms with Gasteiger partial charge in [0.15, 0.2) is 5.82 Å². The SMILES string of the molecule is c1ccc(-c2nsc(NCc3ccc(-c4cccnc4)cc3)n2)cc1. The number of hydrogen-bond acceptors (Lipinski definition) is 5. The molecule has 0 radical (unpaired) electrons. The quantitative estimate of drug-likeness (QED) is 0.561. The van der Waals surface area contributed by atoms with Gasteiger partial charge in [0.2, 0.25) is 5.13 Å². The van der Waals surface area contributed by atoms with Crippen molar-refractivity contribution in [3.63, 3.8) is 0 Å². The van der Waals surface area contributed by atoms with E-state index in [2.05, 4.69) is 50.0 Å². The second-order valence-corrected chi connectivity index (χ2v) is 6.33. The molecular weight excluding hydrogens is 328 g/mol. The molecule has 25 heavy (non-hydrogen) atoms. The van der Waals surface area contributed by atoms with Crippen LogP contribution >= 0.6 is 11.5 Å². The Labute approximate surface area is 150 Å². The van der Waals surface area contributed by atoms with Crippen LogP contribution in [0.2, 0.25) is 0 Å². The molecule has 5 heteroatoms. The Bertz CT molecular complexity index is 934. The molecule has 2 aromatic heterocycles. The van der Waals surface area contributed by atoms with Crippen molar-refractivity contribution < 1.29 is 0 Å². The maximum absolute atomic E-state index is 4.55. The van der Waals surface area contributed by atoms with Crippen LogP contribution in [0.4, 0.5) is 5.13 Å². The van der Waals surface area contributed by atoms with Crippen LogP contribution in [-0.2, 0) is 6.54 Å². The molecule has 0 aliphatic carbocycles. The van der Waals surface area contributed by atoms with Gasteiger partial charge in [-0.05, 0) is 22.8 Å². The molecule has 1 N–H and O–H groups in total. The minimum absolute atomic E-state index is 0.719. The fourth-order valence-electron chi connectivity index (χ4n) is 2.53. The molecule has 0 amide bonds. The fraction of sp³-hybridized carbons (Fsp3) is 0.0500. The minimum atomic E-state index is 0.719. The smallest absolute Gasteiger partial charge is 0.203 e. The van der Waals surface area contributed by atoms with Crippen LogP contribution in [0.25, 0.3) is 22.5 Å². The summed E-state index contributed by atoms with van der Waals surface area (Å²) in [6, 6.07) is 22.5. The molecule has 0 unspecified atom stereocenters. The highest BCUT2D eigenvalue weighted by molar-refractivity contribution is 7.09. The van der Waals surface area contributed by atoms with Crippen molar-refractivity contribution in [2.24, 2.45) is 0 Å². The van der Waals surface area contributed by atoms with Gasteiger partial charge in [-0.1, -0.05) is 60.7 Å². The molecule has 0 saturated carbocycles. The normalized spacial score (nSPS) is 10.6. The summed E-state index contributed by atoms with van der Waals surface area (Å²) < 4.78 is 4.41. The first-order valence-electron chi connectivity index (χ1n) is 8.01. The molecule has 122 valence electrons. The Hall–Kier alpha value is -3.05. The van der Waals surface area contributed by atoms with Crippen molar-refractivity contribution in [2.75, 3.05) is 5.32 Å². The van der Waals surface area contributed by atoms with Gasteiger partial charge in [-0.15, -0.1) is 0 Å². The molecule has 0 fully saturated rings. The van der Waals surface area contributed by atoms with E-state index in [-0.39, 0.29) is 0 Å². The second-order valence-electron chi connectivity index (χ2n) is 5.58. The van der Waals surface area contributed by atoms with Gasteiger partial charge < -0.3 is 5.32 Å². The van der Waals surface area contributed by atoms with Crippen molar-refractivity contribution in [2.45, 2.75) is 6.54 Å². The Morgan fingerprint density at radius 3 is 2.36 bits per heavy atom. The van der Waals surface area contributed by atoms with Crippen molar-refractivity contribution >= 4 is 16.7 Å². The summed E-state index contributed by atoms with van der Waals surface area (Å²) in [4.78, 5) is 8.71. The molecule has 4 aromatic rings. The van der Waals surface area contributed by atoms with Crippen molar-refractivity contribution in [3.8, 4) is 22.5 Å². The van der Waals surface area contributed by atoms with Crippen molar-refractivity contribution in [3.05, 3.63) is 84.7 Å². The molecule has 0 atom stereocenters. The Balaban J connectivity index is 1.41. The second kappa shape index (κ2) is 7.23. The topological polar surface area (TPSA) is 50.7 Å². The third kappa shape index (κ3) is 3.72. The maximum Gasteiger partial charge on any atom is 0.203 e. The highest BCUT2D eigenvalue weighted by atomic mass is 32.1. The zero-order valence-electron chi connectivity index (χ0n) is 13.5. The first-order chi connectivity index (χ1) is 12.4. The van der Waals surface area contributed by atoms with E-state index in [1.165, 1.54) is 22.7 Å². The van der Waals surface area contributed by atoms with Gasteiger partial charge in [-0.3, -0.25) is 4.98 Å². The maximum atomic E-state index is 4.55. The van der Waals surface area contributed by atoms with Gasteiger partial charge >= 0.3 is 0 Å². The first-order valence-corrected chi connectivity index (χ1v) is 8.78. The van der Waals surface area contributed by atoms with E-state index >= 15 is 0 Å². The molecule has 0 saturated heterocycles. The molecule has 4 nitrogen and oxygen atoms in total. The standard InChI is InChI=1S/C20H16N4S/c1-2-5-17(6-3-1)19-23-20(25-24-19)22-13-15-8-10-16(11-9-15)18-7-4-12-21-14-18/h1-12,14H,13H2,(H,22,23,24). The van der Waals surface area contributed by atoms with E-state index < -0.39 is 0 Å². The number of nitrogens with one attached hydrogen (secondary N) is 1. The van der Waals surface area contributed by atoms with Crippen LogP contribution < -0.4 is 5.32 Å². The van der Waals surface area contributed by atoms with E-state index in [9.17, 15) is 0 Å². The van der Waals surface area contributed by atoms with E-state index in [1.54, 1.807) is 6.20 Å². The molecule has 4 rings (SSSR count). The molecule has 0 bridgehead atoms. The predicted octanol–water partition coefficient (Wildman–Crippen LogP) is 4.88. The van der Waals surface area contributed by atoms with Crippen LogP contribution in [0.1, 0.15) is 5.56 Å². The Morgan fingerprint density at radius 1 is 0.800 bits per heavy atom. The third-order valence-electron chi connectivity index (χ3n) is 3.85. The average Bonchev–Trinajstić information content (AvgIpc) is 3.17. The van der Waals surface area contributed by atoms with Gasteiger partial charge in [0.1, 0.15) is 0 Å². The number of hydrogen-bond donors (Lipinski definition) is 1. The van der Waals surface area contributed by atoms with E-state index in [1.807, 2.05) is 42.6 Å². The van der Waals surface area contributed by atoms with Gasteiger partial charge in [0, 0.05) is 36.0 Å². The molecule has 2 heterocycles. The summed E-state index contributed by atoms with van der Waals surface area (Å²) in [5.41, 5.74) is 4.52. The fourth-order valence-corrected chi connectivity index (χ4v) is 3.11. The largest absolute Gasteiger partial charge is 0.356 e. The lowest BCUT2D eigenvalue weighted by atomic mass is 10.1. The number of pyridine rings is 1. The molecule has 2 aromatic carbocycles. The average molecular weight is 344 g/mol. The van der Waals surface area contributed by atoms with Crippen LogP contribution in [-0.4, -0.2) is 14.3 Å². The van der Waals surface area contributed by atoms with E-state index in [0.29, 0.717) is 0 Å². The summed E-state index contributed by atoms with van der Waals surface area (Å²) in [6.07, 6.45) is 3.66. The molecule has 0 aliphatic heterocycles. The van der Waals surface area contributed by atoms with Gasteiger partial charge in [0.25, 0.3) is 0 Å². The number of nitrogens with zero attached hydrogens (tertiary/aromatic N) is 3. The van der Waals surface area contributed by atoms with Gasteiger partial charge in [-0.2, -0.15) is 9.36 Å². The molecule has 0 spiro atoms. The van der Waals surface area contributed by atoms with Crippen molar-refractivity contribution in [1.82, 2.24) is 14.3 Å². The van der Waals surface area contributed by atoms with Gasteiger partial charge in [0.05, 0.1) is 0 Å². The highest BCUT2D eigenvalue weighted by Gasteiger charge is 2.06. The van der Waals surface area contributed by atoms with Crippen LogP contribution in [0.15, 0.2) is 79.1 Å². The summed E-state index contributed by atoms with van der Waals surface area (Å²) >= 11 is 1.38. The van der Waals surface area contributed by atoms with Crippen LogP contribution in [0, 0.1) is 0 Å². The summed E-state index contributed by atoms with van der Waals surface area (Å²) in [5, 5.41) is 4.17. The zero-order valence-corrected chi connectivity index (χ0v) is 14.3. The lowest BCUT2D eigenvalue weighted by Gasteiger charge is -2.05. The Morgan fingerprint density at radius 2 is 1.60 bits per heavy atom. The van der Waals surface area contributed by atoms with Crippen molar-refractivity contribution in [1.29, 1.82) is 0 Å².